The molecule has 3 N–H and O–H groups in total. The van der Waals surface area contributed by atoms with Crippen molar-refractivity contribution in [3.05, 3.63) is 24.3 Å². The fourth-order valence-corrected chi connectivity index (χ4v) is 3.83. The van der Waals surface area contributed by atoms with Gasteiger partial charge < -0.3 is 10.3 Å². The Balaban J connectivity index is 3.04. The van der Waals surface area contributed by atoms with Crippen molar-refractivity contribution >= 4 is 15.7 Å². The molecule has 1 atom stereocenters. The van der Waals surface area contributed by atoms with Gasteiger partial charge in [-0.3, -0.25) is 5.84 Å². The van der Waals surface area contributed by atoms with Crippen molar-refractivity contribution in [2.75, 3.05) is 32.6 Å². The van der Waals surface area contributed by atoms with E-state index in [0.717, 1.165) is 0 Å². The van der Waals surface area contributed by atoms with E-state index < -0.39 is 10.0 Å². The van der Waals surface area contributed by atoms with Gasteiger partial charge in [0, 0.05) is 24.8 Å². The van der Waals surface area contributed by atoms with E-state index in [1.807, 2.05) is 32.8 Å². The fraction of sp³-hybridized carbons (Fsp3) is 0.538. The van der Waals surface area contributed by atoms with E-state index in [0.29, 0.717) is 18.8 Å². The average Bonchev–Trinajstić information content (AvgIpc) is 2.38. The molecule has 7 heteroatoms. The minimum Gasteiger partial charge on any atom is -0.324 e. The molecule has 0 fully saturated rings. The van der Waals surface area contributed by atoms with Gasteiger partial charge in [0.15, 0.2) is 0 Å². The Labute approximate surface area is 121 Å². The van der Waals surface area contributed by atoms with Gasteiger partial charge in [-0.05, 0) is 45.3 Å². The molecule has 114 valence electrons. The Hall–Kier alpha value is -1.15. The first-order chi connectivity index (χ1) is 9.32. The second kappa shape index (κ2) is 7.03. The second-order valence-corrected chi connectivity index (χ2v) is 6.88. The number of nitrogen functional groups attached to an aromatic ring is 1. The number of hydrogen-bond acceptors (Lipinski definition) is 5. The van der Waals surface area contributed by atoms with Crippen LogP contribution in [0.2, 0.25) is 0 Å². The summed E-state index contributed by atoms with van der Waals surface area (Å²) in [5.41, 5.74) is 3.16. The van der Waals surface area contributed by atoms with Gasteiger partial charge in [0.25, 0.3) is 0 Å². The number of hydrogen-bond donors (Lipinski definition) is 2. The van der Waals surface area contributed by atoms with Gasteiger partial charge in [0.1, 0.15) is 0 Å². The summed E-state index contributed by atoms with van der Waals surface area (Å²) in [6.07, 6.45) is 0. The van der Waals surface area contributed by atoms with E-state index in [4.69, 9.17) is 5.84 Å². The van der Waals surface area contributed by atoms with Crippen LogP contribution in [-0.4, -0.2) is 50.8 Å². The largest absolute Gasteiger partial charge is 0.324 e. The normalized spacial score (nSPS) is 13.8. The van der Waals surface area contributed by atoms with Gasteiger partial charge in [0.05, 0.1) is 4.90 Å². The molecular formula is C13H24N4O2S. The van der Waals surface area contributed by atoms with Crippen LogP contribution >= 0.6 is 0 Å². The van der Waals surface area contributed by atoms with Crippen LogP contribution in [0.3, 0.4) is 0 Å². The molecule has 6 nitrogen and oxygen atoms in total. The maximum absolute atomic E-state index is 12.6. The van der Waals surface area contributed by atoms with E-state index in [1.54, 1.807) is 24.3 Å². The lowest BCUT2D eigenvalue weighted by atomic mass is 10.3. The van der Waals surface area contributed by atoms with Crippen LogP contribution in [0, 0.1) is 0 Å². The summed E-state index contributed by atoms with van der Waals surface area (Å²) >= 11 is 0. The van der Waals surface area contributed by atoms with Crippen molar-refractivity contribution in [2.45, 2.75) is 24.8 Å². The number of sulfonamides is 1. The predicted molar refractivity (Wildman–Crippen MR) is 81.8 cm³/mol. The first kappa shape index (κ1) is 16.9. The smallest absolute Gasteiger partial charge is 0.243 e. The van der Waals surface area contributed by atoms with Crippen LogP contribution in [0.25, 0.3) is 0 Å². The summed E-state index contributed by atoms with van der Waals surface area (Å²) in [6, 6.07) is 6.34. The molecule has 1 aromatic carbocycles. The number of benzene rings is 1. The molecule has 0 aliphatic heterocycles. The first-order valence-electron chi connectivity index (χ1n) is 6.56. The summed E-state index contributed by atoms with van der Waals surface area (Å²) in [5, 5.41) is 0. The third-order valence-corrected chi connectivity index (χ3v) is 5.16. The Bertz CT molecular complexity index is 514. The molecule has 0 amide bonds. The zero-order valence-corrected chi connectivity index (χ0v) is 13.3. The van der Waals surface area contributed by atoms with Crippen LogP contribution in [0.5, 0.6) is 0 Å². The molecule has 0 aromatic heterocycles. The van der Waals surface area contributed by atoms with Gasteiger partial charge in [-0.2, -0.15) is 4.31 Å². The molecular weight excluding hydrogens is 276 g/mol. The molecule has 0 bridgehead atoms. The SMILES string of the molecule is CCN(C(C)CN(C)C)S(=O)(=O)c1ccc(NN)cc1. The fourth-order valence-electron chi connectivity index (χ4n) is 2.20. The Morgan fingerprint density at radius 2 is 1.80 bits per heavy atom. The van der Waals surface area contributed by atoms with Gasteiger partial charge in [-0.1, -0.05) is 6.92 Å². The number of hydrazine groups is 1. The minimum atomic E-state index is -3.48. The lowest BCUT2D eigenvalue weighted by Gasteiger charge is -2.29. The molecule has 0 aliphatic carbocycles. The predicted octanol–water partition coefficient (Wildman–Crippen LogP) is 0.933. The summed E-state index contributed by atoms with van der Waals surface area (Å²) < 4.78 is 26.8. The standard InChI is InChI=1S/C13H24N4O2S/c1-5-17(11(2)10-16(3)4)20(18,19)13-8-6-12(15-14)7-9-13/h6-9,11,15H,5,10,14H2,1-4H3. The maximum Gasteiger partial charge on any atom is 0.243 e. The molecule has 0 radical (unpaired) electrons. The number of nitrogens with one attached hydrogen (secondary N) is 1. The van der Waals surface area contributed by atoms with Crippen molar-refractivity contribution < 1.29 is 8.42 Å². The Morgan fingerprint density at radius 3 is 2.20 bits per heavy atom. The van der Waals surface area contributed by atoms with E-state index in [2.05, 4.69) is 5.43 Å². The topological polar surface area (TPSA) is 78.7 Å². The quantitative estimate of drug-likeness (QED) is 0.578. The van der Waals surface area contributed by atoms with E-state index in [9.17, 15) is 8.42 Å². The van der Waals surface area contributed by atoms with Crippen molar-refractivity contribution in [3.8, 4) is 0 Å². The van der Waals surface area contributed by atoms with E-state index in [-0.39, 0.29) is 10.9 Å². The Kier molecular flexibility index (Phi) is 5.94. The number of anilines is 1. The van der Waals surface area contributed by atoms with Crippen molar-refractivity contribution in [1.82, 2.24) is 9.21 Å². The van der Waals surface area contributed by atoms with Gasteiger partial charge in [0.2, 0.25) is 10.0 Å². The molecule has 0 aliphatic rings. The highest BCUT2D eigenvalue weighted by Gasteiger charge is 2.27. The molecule has 20 heavy (non-hydrogen) atoms. The van der Waals surface area contributed by atoms with Gasteiger partial charge in [-0.25, -0.2) is 8.42 Å². The molecule has 0 saturated heterocycles. The lowest BCUT2D eigenvalue weighted by Crippen LogP contribution is -2.43. The summed E-state index contributed by atoms with van der Waals surface area (Å²) in [6.45, 7) is 4.88. The number of rotatable bonds is 7. The van der Waals surface area contributed by atoms with Crippen molar-refractivity contribution in [2.24, 2.45) is 5.84 Å². The zero-order chi connectivity index (χ0) is 15.3. The summed E-state index contributed by atoms with van der Waals surface area (Å²) in [4.78, 5) is 2.26. The van der Waals surface area contributed by atoms with Crippen LogP contribution < -0.4 is 11.3 Å². The number of nitrogens with two attached hydrogens (primary N) is 1. The zero-order valence-electron chi connectivity index (χ0n) is 12.5. The highest BCUT2D eigenvalue weighted by Crippen LogP contribution is 2.20. The Morgan fingerprint density at radius 1 is 1.25 bits per heavy atom. The number of nitrogens with zero attached hydrogens (tertiary/aromatic N) is 2. The molecule has 0 saturated carbocycles. The van der Waals surface area contributed by atoms with Crippen LogP contribution in [0.4, 0.5) is 5.69 Å². The minimum absolute atomic E-state index is 0.0905. The van der Waals surface area contributed by atoms with Crippen LogP contribution in [-0.2, 0) is 10.0 Å². The lowest BCUT2D eigenvalue weighted by molar-refractivity contribution is 0.271. The maximum atomic E-state index is 12.6. The summed E-state index contributed by atoms with van der Waals surface area (Å²) in [5.74, 6) is 5.28. The third-order valence-electron chi connectivity index (χ3n) is 3.06. The molecule has 0 heterocycles. The van der Waals surface area contributed by atoms with Crippen molar-refractivity contribution in [1.29, 1.82) is 0 Å². The second-order valence-electron chi connectivity index (χ2n) is 4.99. The van der Waals surface area contributed by atoms with E-state index in [1.165, 1.54) is 4.31 Å². The first-order valence-corrected chi connectivity index (χ1v) is 8.00. The van der Waals surface area contributed by atoms with Crippen molar-refractivity contribution in [3.63, 3.8) is 0 Å². The van der Waals surface area contributed by atoms with Gasteiger partial charge >= 0.3 is 0 Å². The molecule has 1 aromatic rings. The van der Waals surface area contributed by atoms with Crippen LogP contribution in [0.15, 0.2) is 29.2 Å². The van der Waals surface area contributed by atoms with Gasteiger partial charge in [-0.15, -0.1) is 0 Å². The third kappa shape index (κ3) is 3.92. The molecule has 1 rings (SSSR count). The highest BCUT2D eigenvalue weighted by atomic mass is 32.2. The molecule has 1 unspecified atom stereocenters. The monoisotopic (exact) mass is 300 g/mol. The number of likely N-dealkylation sites (N-methyl/N-ethyl adjacent to an activating group) is 2. The molecule has 0 spiro atoms. The van der Waals surface area contributed by atoms with Crippen LogP contribution in [0.1, 0.15) is 13.8 Å². The average molecular weight is 300 g/mol. The summed E-state index contributed by atoms with van der Waals surface area (Å²) in [7, 11) is 0.376. The highest BCUT2D eigenvalue weighted by molar-refractivity contribution is 7.89. The van der Waals surface area contributed by atoms with E-state index >= 15 is 0 Å².